The first-order valence-corrected chi connectivity index (χ1v) is 7.07. The summed E-state index contributed by atoms with van der Waals surface area (Å²) in [5.41, 5.74) is 2.51. The van der Waals surface area contributed by atoms with Crippen LogP contribution in [-0.2, 0) is 12.8 Å². The van der Waals surface area contributed by atoms with Crippen LogP contribution in [0.15, 0.2) is 18.2 Å². The highest BCUT2D eigenvalue weighted by atomic mass is 35.5. The van der Waals surface area contributed by atoms with Crippen LogP contribution in [-0.4, -0.2) is 15.1 Å². The van der Waals surface area contributed by atoms with Gasteiger partial charge in [-0.25, -0.2) is 14.4 Å². The van der Waals surface area contributed by atoms with Crippen molar-refractivity contribution in [3.63, 3.8) is 0 Å². The number of aromatic hydroxyl groups is 1. The third-order valence-electron chi connectivity index (χ3n) is 3.59. The molecule has 0 radical (unpaired) electrons. The van der Waals surface area contributed by atoms with E-state index in [2.05, 4.69) is 9.97 Å². The maximum absolute atomic E-state index is 13.4. The van der Waals surface area contributed by atoms with E-state index in [-0.39, 0.29) is 5.75 Å². The van der Waals surface area contributed by atoms with Crippen LogP contribution in [0.25, 0.3) is 11.4 Å². The molecule has 3 nitrogen and oxygen atoms in total. The molecule has 1 aromatic heterocycles. The number of phenols is 1. The molecule has 2 aromatic rings. The molecule has 3 rings (SSSR count). The lowest BCUT2D eigenvalue weighted by Gasteiger charge is -2.09. The van der Waals surface area contributed by atoms with E-state index in [0.717, 1.165) is 43.4 Å². The maximum Gasteiger partial charge on any atom is 0.165 e. The largest absolute Gasteiger partial charge is 0.505 e. The van der Waals surface area contributed by atoms with Crippen molar-refractivity contribution >= 4 is 11.6 Å². The van der Waals surface area contributed by atoms with E-state index in [0.29, 0.717) is 16.5 Å². The summed E-state index contributed by atoms with van der Waals surface area (Å²) in [5.74, 6) is -0.652. The quantitative estimate of drug-likeness (QED) is 0.640. The van der Waals surface area contributed by atoms with Crippen LogP contribution in [0.1, 0.15) is 30.5 Å². The smallest absolute Gasteiger partial charge is 0.165 e. The Morgan fingerprint density at radius 1 is 1.10 bits per heavy atom. The zero-order chi connectivity index (χ0) is 14.1. The molecule has 0 bridgehead atoms. The Bertz CT molecular complexity index is 661. The summed E-state index contributed by atoms with van der Waals surface area (Å²) in [6, 6.07) is 4.12. The number of aromatic nitrogens is 2. The highest BCUT2D eigenvalue weighted by Gasteiger charge is 2.16. The lowest BCUT2D eigenvalue weighted by molar-refractivity contribution is 0.432. The van der Waals surface area contributed by atoms with Crippen molar-refractivity contribution in [2.24, 2.45) is 0 Å². The molecule has 0 aliphatic heterocycles. The lowest BCUT2D eigenvalue weighted by atomic mass is 10.1. The summed E-state index contributed by atoms with van der Waals surface area (Å²) in [7, 11) is 0. The monoisotopic (exact) mass is 292 g/mol. The molecule has 104 valence electrons. The average Bonchev–Trinajstić information content (AvgIpc) is 2.67. The number of fused-ring (bicyclic) bond motifs is 1. The van der Waals surface area contributed by atoms with Crippen molar-refractivity contribution in [3.8, 4) is 17.1 Å². The standard InChI is InChI=1S/C15H14ClFN2O/c16-14-10-4-2-1-3-5-12(10)18-15(19-14)9-6-7-13(20)11(17)8-9/h6-8,20H,1-5H2. The van der Waals surface area contributed by atoms with Gasteiger partial charge in [-0.05, 0) is 43.9 Å². The highest BCUT2D eigenvalue weighted by molar-refractivity contribution is 6.30. The first kappa shape index (κ1) is 13.3. The van der Waals surface area contributed by atoms with Crippen molar-refractivity contribution in [3.05, 3.63) is 40.4 Å². The molecule has 1 N–H and O–H groups in total. The third kappa shape index (κ3) is 2.48. The van der Waals surface area contributed by atoms with Crippen LogP contribution < -0.4 is 0 Å². The summed E-state index contributed by atoms with van der Waals surface area (Å²) in [5, 5.41) is 9.69. The van der Waals surface area contributed by atoms with Crippen molar-refractivity contribution in [1.29, 1.82) is 0 Å². The lowest BCUT2D eigenvalue weighted by Crippen LogP contribution is -2.02. The highest BCUT2D eigenvalue weighted by Crippen LogP contribution is 2.29. The summed E-state index contributed by atoms with van der Waals surface area (Å²) in [6.07, 6.45) is 5.13. The molecule has 1 aromatic carbocycles. The van der Waals surface area contributed by atoms with E-state index in [4.69, 9.17) is 11.6 Å². The van der Waals surface area contributed by atoms with E-state index < -0.39 is 5.82 Å². The van der Waals surface area contributed by atoms with Crippen LogP contribution in [0.3, 0.4) is 0 Å². The summed E-state index contributed by atoms with van der Waals surface area (Å²) in [6.45, 7) is 0. The minimum Gasteiger partial charge on any atom is -0.505 e. The SMILES string of the molecule is Oc1ccc(-c2nc(Cl)c3c(n2)CCCCC3)cc1F. The number of nitrogens with zero attached hydrogens (tertiary/aromatic N) is 2. The molecule has 0 unspecified atom stereocenters. The van der Waals surface area contributed by atoms with Crippen molar-refractivity contribution in [2.75, 3.05) is 0 Å². The Kier molecular flexibility index (Phi) is 3.57. The van der Waals surface area contributed by atoms with E-state index in [1.807, 2.05) is 0 Å². The molecule has 1 heterocycles. The molecule has 1 aliphatic rings. The molecule has 0 atom stereocenters. The first-order valence-electron chi connectivity index (χ1n) is 6.69. The van der Waals surface area contributed by atoms with Gasteiger partial charge in [0.15, 0.2) is 17.4 Å². The van der Waals surface area contributed by atoms with Crippen molar-refractivity contribution in [1.82, 2.24) is 9.97 Å². The van der Waals surface area contributed by atoms with E-state index in [9.17, 15) is 9.50 Å². The van der Waals surface area contributed by atoms with Crippen LogP contribution in [0.5, 0.6) is 5.75 Å². The van der Waals surface area contributed by atoms with Gasteiger partial charge >= 0.3 is 0 Å². The van der Waals surface area contributed by atoms with E-state index in [1.54, 1.807) is 6.07 Å². The second-order valence-corrected chi connectivity index (χ2v) is 5.35. The molecule has 1 aliphatic carbocycles. The number of phenolic OH excluding ortho intramolecular Hbond substituents is 1. The molecule has 5 heteroatoms. The molecule has 0 spiro atoms. The molecular weight excluding hydrogens is 279 g/mol. The molecule has 0 fully saturated rings. The van der Waals surface area contributed by atoms with Crippen LogP contribution in [0, 0.1) is 5.82 Å². The van der Waals surface area contributed by atoms with Crippen LogP contribution >= 0.6 is 11.6 Å². The maximum atomic E-state index is 13.4. The average molecular weight is 293 g/mol. The fourth-order valence-electron chi connectivity index (χ4n) is 2.50. The Hall–Kier alpha value is -1.68. The predicted octanol–water partition coefficient (Wildman–Crippen LogP) is 3.91. The molecule has 0 amide bonds. The van der Waals surface area contributed by atoms with Gasteiger partial charge in [0.1, 0.15) is 5.15 Å². The number of rotatable bonds is 1. The zero-order valence-electron chi connectivity index (χ0n) is 10.9. The molecule has 0 saturated carbocycles. The van der Waals surface area contributed by atoms with Gasteiger partial charge in [0, 0.05) is 16.8 Å². The Morgan fingerprint density at radius 3 is 2.70 bits per heavy atom. The number of hydrogen-bond acceptors (Lipinski definition) is 3. The van der Waals surface area contributed by atoms with Gasteiger partial charge in [-0.15, -0.1) is 0 Å². The third-order valence-corrected chi connectivity index (χ3v) is 3.90. The summed E-state index contributed by atoms with van der Waals surface area (Å²) >= 11 is 6.25. The zero-order valence-corrected chi connectivity index (χ0v) is 11.6. The molecule has 20 heavy (non-hydrogen) atoms. The van der Waals surface area contributed by atoms with Crippen LogP contribution in [0.2, 0.25) is 5.15 Å². The van der Waals surface area contributed by atoms with Gasteiger partial charge in [-0.1, -0.05) is 18.0 Å². The summed E-state index contributed by atoms with van der Waals surface area (Å²) < 4.78 is 13.4. The second-order valence-electron chi connectivity index (χ2n) is 4.99. The minimum absolute atomic E-state index is 0.380. The Balaban J connectivity index is 2.08. The van der Waals surface area contributed by atoms with Gasteiger partial charge < -0.3 is 5.11 Å². The van der Waals surface area contributed by atoms with Gasteiger partial charge in [-0.3, -0.25) is 0 Å². The van der Waals surface area contributed by atoms with Gasteiger partial charge in [0.25, 0.3) is 0 Å². The number of benzene rings is 1. The minimum atomic E-state index is -0.683. The fourth-order valence-corrected chi connectivity index (χ4v) is 2.78. The number of hydrogen-bond donors (Lipinski definition) is 1. The fraction of sp³-hybridized carbons (Fsp3) is 0.333. The van der Waals surface area contributed by atoms with E-state index in [1.165, 1.54) is 12.1 Å². The van der Waals surface area contributed by atoms with E-state index >= 15 is 0 Å². The predicted molar refractivity (Wildman–Crippen MR) is 75.4 cm³/mol. The summed E-state index contributed by atoms with van der Waals surface area (Å²) in [4.78, 5) is 8.81. The number of aryl methyl sites for hydroxylation is 1. The van der Waals surface area contributed by atoms with Gasteiger partial charge in [0.05, 0.1) is 0 Å². The topological polar surface area (TPSA) is 46.0 Å². The molecular formula is C15H14ClFN2O. The molecule has 0 saturated heterocycles. The normalized spacial score (nSPS) is 14.7. The van der Waals surface area contributed by atoms with Crippen molar-refractivity contribution < 1.29 is 9.50 Å². The first-order chi connectivity index (χ1) is 9.65. The van der Waals surface area contributed by atoms with Crippen LogP contribution in [0.4, 0.5) is 4.39 Å². The van der Waals surface area contributed by atoms with Crippen molar-refractivity contribution in [2.45, 2.75) is 32.1 Å². The number of halogens is 2. The van der Waals surface area contributed by atoms with Gasteiger partial charge in [0.2, 0.25) is 0 Å². The Morgan fingerprint density at radius 2 is 1.90 bits per heavy atom. The Labute approximate surface area is 121 Å². The van der Waals surface area contributed by atoms with Gasteiger partial charge in [-0.2, -0.15) is 0 Å². The second kappa shape index (κ2) is 5.37.